The number of alkyl halides is 2. The van der Waals surface area contributed by atoms with Crippen LogP contribution in [0, 0.1) is 0 Å². The maximum atomic E-state index is 13.0. The first kappa shape index (κ1) is 14.6. The average Bonchev–Trinajstić information content (AvgIpc) is 2.41. The zero-order valence-corrected chi connectivity index (χ0v) is 11.3. The van der Waals surface area contributed by atoms with Gasteiger partial charge in [-0.3, -0.25) is 9.59 Å². The Morgan fingerprint density at radius 3 is 2.10 bits per heavy atom. The second-order valence-electron chi connectivity index (χ2n) is 5.24. The predicted octanol–water partition coefficient (Wildman–Crippen LogP) is 3.20. The van der Waals surface area contributed by atoms with E-state index in [2.05, 4.69) is 5.32 Å². The molecule has 5 heteroatoms. The van der Waals surface area contributed by atoms with Crippen molar-refractivity contribution in [2.75, 3.05) is 0 Å². The molecule has 0 spiro atoms. The van der Waals surface area contributed by atoms with Gasteiger partial charge in [-0.25, -0.2) is 8.78 Å². The van der Waals surface area contributed by atoms with Crippen LogP contribution >= 0.6 is 0 Å². The fourth-order valence-electron chi connectivity index (χ4n) is 2.31. The summed E-state index contributed by atoms with van der Waals surface area (Å²) < 4.78 is 26.0. The number of amides is 1. The Bertz CT molecular complexity index is 501. The average molecular weight is 281 g/mol. The molecule has 3 nitrogen and oxygen atoms in total. The van der Waals surface area contributed by atoms with E-state index in [1.165, 1.54) is 6.92 Å². The van der Waals surface area contributed by atoms with E-state index in [0.29, 0.717) is 24.0 Å². The van der Waals surface area contributed by atoms with Crippen LogP contribution in [0.1, 0.15) is 53.3 Å². The molecule has 1 fully saturated rings. The molecule has 0 heterocycles. The number of hydrogen-bond acceptors (Lipinski definition) is 2. The second-order valence-corrected chi connectivity index (χ2v) is 5.24. The molecule has 0 bridgehead atoms. The van der Waals surface area contributed by atoms with E-state index in [4.69, 9.17) is 0 Å². The van der Waals surface area contributed by atoms with Crippen LogP contribution in [0.25, 0.3) is 0 Å². The Hall–Kier alpha value is -1.78. The lowest BCUT2D eigenvalue weighted by molar-refractivity contribution is -0.0399. The largest absolute Gasteiger partial charge is 0.349 e. The van der Waals surface area contributed by atoms with Crippen LogP contribution in [-0.2, 0) is 0 Å². The third kappa shape index (κ3) is 3.62. The highest BCUT2D eigenvalue weighted by atomic mass is 19.3. The Balaban J connectivity index is 1.93. The molecular formula is C15H17F2NO2. The lowest BCUT2D eigenvalue weighted by atomic mass is 9.92. The van der Waals surface area contributed by atoms with E-state index in [9.17, 15) is 18.4 Å². The molecule has 0 atom stereocenters. The minimum absolute atomic E-state index is 0.0635. The van der Waals surface area contributed by atoms with Crippen LogP contribution in [0.3, 0.4) is 0 Å². The van der Waals surface area contributed by atoms with Gasteiger partial charge in [0.05, 0.1) is 0 Å². The Kier molecular flexibility index (Phi) is 4.16. The first-order valence-electron chi connectivity index (χ1n) is 6.67. The first-order chi connectivity index (χ1) is 9.37. The van der Waals surface area contributed by atoms with Crippen molar-refractivity contribution in [3.63, 3.8) is 0 Å². The van der Waals surface area contributed by atoms with E-state index < -0.39 is 5.92 Å². The SMILES string of the molecule is CC(=O)c1ccc(C(=O)NC2CCC(F)(F)CC2)cc1. The van der Waals surface area contributed by atoms with Gasteiger partial charge in [-0.1, -0.05) is 12.1 Å². The highest BCUT2D eigenvalue weighted by molar-refractivity contribution is 5.97. The monoisotopic (exact) mass is 281 g/mol. The van der Waals surface area contributed by atoms with E-state index in [1.54, 1.807) is 24.3 Å². The van der Waals surface area contributed by atoms with E-state index in [-0.39, 0.29) is 30.6 Å². The zero-order valence-electron chi connectivity index (χ0n) is 11.3. The van der Waals surface area contributed by atoms with Crippen molar-refractivity contribution in [1.82, 2.24) is 5.32 Å². The van der Waals surface area contributed by atoms with Crippen molar-refractivity contribution in [2.24, 2.45) is 0 Å². The number of hydrogen-bond donors (Lipinski definition) is 1. The summed E-state index contributed by atoms with van der Waals surface area (Å²) in [5.74, 6) is -2.94. The summed E-state index contributed by atoms with van der Waals surface area (Å²) in [6, 6.07) is 6.13. The van der Waals surface area contributed by atoms with Gasteiger partial charge in [0.2, 0.25) is 5.92 Å². The summed E-state index contributed by atoms with van der Waals surface area (Å²) >= 11 is 0. The van der Waals surface area contributed by atoms with Crippen molar-refractivity contribution in [3.05, 3.63) is 35.4 Å². The molecule has 20 heavy (non-hydrogen) atoms. The lowest BCUT2D eigenvalue weighted by Gasteiger charge is -2.28. The predicted molar refractivity (Wildman–Crippen MR) is 71.1 cm³/mol. The topological polar surface area (TPSA) is 46.2 Å². The lowest BCUT2D eigenvalue weighted by Crippen LogP contribution is -2.40. The van der Waals surface area contributed by atoms with Gasteiger partial charge in [-0.2, -0.15) is 0 Å². The van der Waals surface area contributed by atoms with Crippen molar-refractivity contribution >= 4 is 11.7 Å². The summed E-state index contributed by atoms with van der Waals surface area (Å²) in [4.78, 5) is 23.1. The Labute approximate surface area is 116 Å². The molecule has 0 radical (unpaired) electrons. The molecule has 1 amide bonds. The van der Waals surface area contributed by atoms with Crippen LogP contribution in [0.15, 0.2) is 24.3 Å². The fourth-order valence-corrected chi connectivity index (χ4v) is 2.31. The number of ketones is 1. The van der Waals surface area contributed by atoms with Crippen molar-refractivity contribution in [3.8, 4) is 0 Å². The molecular weight excluding hydrogens is 264 g/mol. The minimum atomic E-state index is -2.59. The van der Waals surface area contributed by atoms with Crippen molar-refractivity contribution in [1.29, 1.82) is 0 Å². The standard InChI is InChI=1S/C15H17F2NO2/c1-10(19)11-2-4-12(5-3-11)14(20)18-13-6-8-15(16,17)9-7-13/h2-5,13H,6-9H2,1H3,(H,18,20). The normalized spacial score (nSPS) is 18.6. The van der Waals surface area contributed by atoms with Gasteiger partial charge in [0.15, 0.2) is 5.78 Å². The minimum Gasteiger partial charge on any atom is -0.349 e. The Morgan fingerprint density at radius 2 is 1.60 bits per heavy atom. The molecule has 1 aromatic carbocycles. The van der Waals surface area contributed by atoms with E-state index in [0.717, 1.165) is 0 Å². The van der Waals surface area contributed by atoms with Gasteiger partial charge in [0.1, 0.15) is 0 Å². The van der Waals surface area contributed by atoms with E-state index >= 15 is 0 Å². The van der Waals surface area contributed by atoms with Gasteiger partial charge in [-0.15, -0.1) is 0 Å². The van der Waals surface area contributed by atoms with Gasteiger partial charge in [0, 0.05) is 30.0 Å². The van der Waals surface area contributed by atoms with Crippen LogP contribution in [0.5, 0.6) is 0 Å². The maximum Gasteiger partial charge on any atom is 0.251 e. The second kappa shape index (κ2) is 5.69. The van der Waals surface area contributed by atoms with Crippen LogP contribution in [0.4, 0.5) is 8.78 Å². The Morgan fingerprint density at radius 1 is 1.10 bits per heavy atom. The summed E-state index contributed by atoms with van der Waals surface area (Å²) in [7, 11) is 0. The molecule has 0 saturated heterocycles. The summed E-state index contributed by atoms with van der Waals surface area (Å²) in [5, 5.41) is 2.76. The highest BCUT2D eigenvalue weighted by Gasteiger charge is 2.35. The van der Waals surface area contributed by atoms with Gasteiger partial charge < -0.3 is 5.32 Å². The molecule has 1 aromatic rings. The summed E-state index contributed by atoms with van der Waals surface area (Å²) in [5.41, 5.74) is 0.978. The number of Topliss-reactive ketones (excluding diaryl/α,β-unsaturated/α-hetero) is 1. The summed E-state index contributed by atoms with van der Waals surface area (Å²) in [6.07, 6.45) is 0.233. The molecule has 0 aliphatic heterocycles. The quantitative estimate of drug-likeness (QED) is 0.865. The smallest absolute Gasteiger partial charge is 0.251 e. The number of carbonyl (C=O) groups is 2. The number of benzene rings is 1. The molecule has 1 N–H and O–H groups in total. The molecule has 0 unspecified atom stereocenters. The molecule has 2 rings (SSSR count). The highest BCUT2D eigenvalue weighted by Crippen LogP contribution is 2.33. The van der Waals surface area contributed by atoms with Crippen molar-refractivity contribution < 1.29 is 18.4 Å². The van der Waals surface area contributed by atoms with Gasteiger partial charge in [0.25, 0.3) is 5.91 Å². The van der Waals surface area contributed by atoms with Crippen LogP contribution in [0.2, 0.25) is 0 Å². The molecule has 1 aliphatic carbocycles. The van der Waals surface area contributed by atoms with Gasteiger partial charge >= 0.3 is 0 Å². The third-order valence-corrected chi connectivity index (χ3v) is 3.61. The fraction of sp³-hybridized carbons (Fsp3) is 0.467. The molecule has 1 aliphatic rings. The number of halogens is 2. The third-order valence-electron chi connectivity index (χ3n) is 3.61. The van der Waals surface area contributed by atoms with E-state index in [1.807, 2.05) is 0 Å². The first-order valence-corrected chi connectivity index (χ1v) is 6.67. The number of carbonyl (C=O) groups excluding carboxylic acids is 2. The molecule has 1 saturated carbocycles. The van der Waals surface area contributed by atoms with Gasteiger partial charge in [-0.05, 0) is 31.9 Å². The van der Waals surface area contributed by atoms with Crippen LogP contribution in [-0.4, -0.2) is 23.7 Å². The molecule has 0 aromatic heterocycles. The number of rotatable bonds is 3. The van der Waals surface area contributed by atoms with Crippen molar-refractivity contribution in [2.45, 2.75) is 44.6 Å². The molecule has 108 valence electrons. The maximum absolute atomic E-state index is 13.0. The summed E-state index contributed by atoms with van der Waals surface area (Å²) in [6.45, 7) is 1.46. The zero-order chi connectivity index (χ0) is 14.8. The van der Waals surface area contributed by atoms with Crippen LogP contribution < -0.4 is 5.32 Å². The number of nitrogens with one attached hydrogen (secondary N) is 1.